The van der Waals surface area contributed by atoms with Crippen LogP contribution in [0.1, 0.15) is 41.4 Å². The van der Waals surface area contributed by atoms with Crippen LogP contribution in [0.4, 0.5) is 11.4 Å². The van der Waals surface area contributed by atoms with Crippen molar-refractivity contribution < 1.29 is 9.59 Å². The van der Waals surface area contributed by atoms with Gasteiger partial charge in [0.25, 0.3) is 5.91 Å². The van der Waals surface area contributed by atoms with Gasteiger partial charge in [-0.3, -0.25) is 9.59 Å². The van der Waals surface area contributed by atoms with Crippen LogP contribution >= 0.6 is 11.3 Å². The van der Waals surface area contributed by atoms with Crippen LogP contribution in [0.15, 0.2) is 35.7 Å². The fourth-order valence-electron chi connectivity index (χ4n) is 3.49. The molecule has 5 heteroatoms. The van der Waals surface area contributed by atoms with Crippen LogP contribution in [0.25, 0.3) is 0 Å². The molecule has 1 aromatic heterocycles. The molecular formula is C20H22N2O2S. The van der Waals surface area contributed by atoms with Crippen LogP contribution < -0.4 is 10.2 Å². The second kappa shape index (κ2) is 6.64. The van der Waals surface area contributed by atoms with E-state index >= 15 is 0 Å². The number of nitrogens with zero attached hydrogens (tertiary/aromatic N) is 1. The molecular weight excluding hydrogens is 332 g/mol. The van der Waals surface area contributed by atoms with Gasteiger partial charge in [0.2, 0.25) is 5.91 Å². The Morgan fingerprint density at radius 2 is 2.12 bits per heavy atom. The molecule has 2 heterocycles. The molecule has 4 rings (SSSR count). The molecule has 130 valence electrons. The minimum atomic E-state index is 0.0649. The SMILES string of the molecule is CC(C(=O)Nc1ccc2c(c1)CCCN2C(=O)c1cccs1)C1CC1. The second-order valence-corrected chi connectivity index (χ2v) is 7.94. The topological polar surface area (TPSA) is 49.4 Å². The summed E-state index contributed by atoms with van der Waals surface area (Å²) in [5.41, 5.74) is 2.94. The number of thiophene rings is 1. The van der Waals surface area contributed by atoms with Crippen molar-refractivity contribution in [2.45, 2.75) is 32.6 Å². The van der Waals surface area contributed by atoms with E-state index < -0.39 is 0 Å². The molecule has 0 radical (unpaired) electrons. The van der Waals surface area contributed by atoms with Gasteiger partial charge in [0, 0.05) is 23.8 Å². The number of aryl methyl sites for hydroxylation is 1. The molecule has 1 unspecified atom stereocenters. The number of anilines is 2. The van der Waals surface area contributed by atoms with E-state index in [9.17, 15) is 9.59 Å². The maximum Gasteiger partial charge on any atom is 0.268 e. The average Bonchev–Trinajstić information content (AvgIpc) is 3.33. The molecule has 25 heavy (non-hydrogen) atoms. The Morgan fingerprint density at radius 1 is 1.28 bits per heavy atom. The molecule has 0 saturated heterocycles. The normalized spacial score (nSPS) is 17.7. The first-order valence-electron chi connectivity index (χ1n) is 8.92. The summed E-state index contributed by atoms with van der Waals surface area (Å²) in [4.78, 5) is 27.7. The Balaban J connectivity index is 1.53. The van der Waals surface area contributed by atoms with Crippen LogP contribution in [-0.4, -0.2) is 18.4 Å². The number of benzene rings is 1. The van der Waals surface area contributed by atoms with Crippen molar-refractivity contribution >= 4 is 34.5 Å². The van der Waals surface area contributed by atoms with E-state index in [-0.39, 0.29) is 17.7 Å². The molecule has 0 bridgehead atoms. The number of hydrogen-bond acceptors (Lipinski definition) is 3. The van der Waals surface area contributed by atoms with Gasteiger partial charge in [-0.2, -0.15) is 0 Å². The highest BCUT2D eigenvalue weighted by Crippen LogP contribution is 2.37. The lowest BCUT2D eigenvalue weighted by atomic mass is 10.00. The van der Waals surface area contributed by atoms with Gasteiger partial charge < -0.3 is 10.2 Å². The predicted molar refractivity (Wildman–Crippen MR) is 101 cm³/mol. The first kappa shape index (κ1) is 16.3. The standard InChI is InChI=1S/C20H22N2O2S/c1-13(14-6-7-14)19(23)21-16-8-9-17-15(12-16)4-2-10-22(17)20(24)18-5-3-11-25-18/h3,5,8-9,11-14H,2,4,6-7,10H2,1H3,(H,21,23). The van der Waals surface area contributed by atoms with Gasteiger partial charge in [0.05, 0.1) is 4.88 Å². The first-order valence-corrected chi connectivity index (χ1v) is 9.80. The summed E-state index contributed by atoms with van der Waals surface area (Å²) < 4.78 is 0. The third kappa shape index (κ3) is 3.33. The fourth-order valence-corrected chi connectivity index (χ4v) is 4.16. The van der Waals surface area contributed by atoms with Gasteiger partial charge in [-0.1, -0.05) is 13.0 Å². The Bertz CT molecular complexity index is 796. The van der Waals surface area contributed by atoms with Crippen molar-refractivity contribution in [1.82, 2.24) is 0 Å². The van der Waals surface area contributed by atoms with Crippen LogP contribution in [0.2, 0.25) is 0 Å². The zero-order valence-corrected chi connectivity index (χ0v) is 15.1. The number of carbonyl (C=O) groups is 2. The largest absolute Gasteiger partial charge is 0.326 e. The van der Waals surface area contributed by atoms with Crippen molar-refractivity contribution in [3.63, 3.8) is 0 Å². The molecule has 2 aromatic rings. The molecule has 1 fully saturated rings. The lowest BCUT2D eigenvalue weighted by Gasteiger charge is -2.29. The highest BCUT2D eigenvalue weighted by Gasteiger charge is 2.32. The number of nitrogens with one attached hydrogen (secondary N) is 1. The molecule has 1 aliphatic heterocycles. The maximum absolute atomic E-state index is 12.7. The summed E-state index contributed by atoms with van der Waals surface area (Å²) in [6.07, 6.45) is 4.21. The number of fused-ring (bicyclic) bond motifs is 1. The molecule has 1 aromatic carbocycles. The molecule has 2 aliphatic rings. The predicted octanol–water partition coefficient (Wildman–Crippen LogP) is 4.33. The van der Waals surface area contributed by atoms with Crippen molar-refractivity contribution in [3.8, 4) is 0 Å². The van der Waals surface area contributed by atoms with E-state index in [0.717, 1.165) is 41.2 Å². The summed E-state index contributed by atoms with van der Waals surface area (Å²) in [6.45, 7) is 2.75. The monoisotopic (exact) mass is 354 g/mol. The number of hydrogen-bond donors (Lipinski definition) is 1. The zero-order valence-electron chi connectivity index (χ0n) is 14.3. The summed E-state index contributed by atoms with van der Waals surface area (Å²) >= 11 is 1.47. The highest BCUT2D eigenvalue weighted by atomic mass is 32.1. The van der Waals surface area contributed by atoms with Gasteiger partial charge in [-0.15, -0.1) is 11.3 Å². The van der Waals surface area contributed by atoms with Gasteiger partial charge in [-0.25, -0.2) is 0 Å². The quantitative estimate of drug-likeness (QED) is 0.889. The van der Waals surface area contributed by atoms with Crippen molar-refractivity contribution in [1.29, 1.82) is 0 Å². The third-order valence-corrected chi connectivity index (χ3v) is 6.04. The van der Waals surface area contributed by atoms with Gasteiger partial charge in [-0.05, 0) is 66.8 Å². The molecule has 0 spiro atoms. The van der Waals surface area contributed by atoms with E-state index in [1.165, 1.54) is 24.2 Å². The summed E-state index contributed by atoms with van der Waals surface area (Å²) in [5, 5.41) is 4.97. The van der Waals surface area contributed by atoms with E-state index in [1.54, 1.807) is 0 Å². The summed E-state index contributed by atoms with van der Waals surface area (Å²) in [6, 6.07) is 9.69. The maximum atomic E-state index is 12.7. The molecule has 4 nitrogen and oxygen atoms in total. The number of amides is 2. The average molecular weight is 354 g/mol. The zero-order chi connectivity index (χ0) is 17.4. The van der Waals surface area contributed by atoms with Crippen LogP contribution in [-0.2, 0) is 11.2 Å². The van der Waals surface area contributed by atoms with Gasteiger partial charge in [0.1, 0.15) is 0 Å². The molecule has 2 amide bonds. The minimum absolute atomic E-state index is 0.0649. The van der Waals surface area contributed by atoms with E-state index in [0.29, 0.717) is 5.92 Å². The van der Waals surface area contributed by atoms with Crippen molar-refractivity contribution in [3.05, 3.63) is 46.2 Å². The fraction of sp³-hybridized carbons (Fsp3) is 0.400. The lowest BCUT2D eigenvalue weighted by molar-refractivity contribution is -0.119. The van der Waals surface area contributed by atoms with Crippen molar-refractivity contribution in [2.24, 2.45) is 11.8 Å². The number of carbonyl (C=O) groups excluding carboxylic acids is 2. The summed E-state index contributed by atoms with van der Waals surface area (Å²) in [5.74, 6) is 0.796. The molecule has 1 aliphatic carbocycles. The van der Waals surface area contributed by atoms with Crippen LogP contribution in [0, 0.1) is 11.8 Å². The molecule has 1 atom stereocenters. The first-order chi connectivity index (χ1) is 12.1. The van der Waals surface area contributed by atoms with Gasteiger partial charge >= 0.3 is 0 Å². The lowest BCUT2D eigenvalue weighted by Crippen LogP contribution is -2.35. The summed E-state index contributed by atoms with van der Waals surface area (Å²) in [7, 11) is 0. The Hall–Kier alpha value is -2.14. The highest BCUT2D eigenvalue weighted by molar-refractivity contribution is 7.12. The third-order valence-electron chi connectivity index (χ3n) is 5.19. The Morgan fingerprint density at radius 3 is 2.84 bits per heavy atom. The Labute approximate surface area is 151 Å². The number of rotatable bonds is 4. The van der Waals surface area contributed by atoms with Crippen LogP contribution in [0.5, 0.6) is 0 Å². The van der Waals surface area contributed by atoms with Crippen LogP contribution in [0.3, 0.4) is 0 Å². The van der Waals surface area contributed by atoms with E-state index in [2.05, 4.69) is 5.32 Å². The van der Waals surface area contributed by atoms with Crippen molar-refractivity contribution in [2.75, 3.05) is 16.8 Å². The minimum Gasteiger partial charge on any atom is -0.326 e. The van der Waals surface area contributed by atoms with Gasteiger partial charge in [0.15, 0.2) is 0 Å². The molecule has 1 N–H and O–H groups in total. The second-order valence-electron chi connectivity index (χ2n) is 7.00. The Kier molecular flexibility index (Phi) is 4.34. The molecule has 1 saturated carbocycles. The van der Waals surface area contributed by atoms with E-state index in [4.69, 9.17) is 0 Å². The smallest absolute Gasteiger partial charge is 0.268 e. The van der Waals surface area contributed by atoms with E-state index in [1.807, 2.05) is 47.5 Å².